The summed E-state index contributed by atoms with van der Waals surface area (Å²) in [6.07, 6.45) is 0.734. The molecule has 1 fully saturated rings. The van der Waals surface area contributed by atoms with E-state index in [1.165, 1.54) is 24.1 Å². The van der Waals surface area contributed by atoms with E-state index in [1.807, 2.05) is 18.2 Å². The lowest BCUT2D eigenvalue weighted by molar-refractivity contribution is -0.120. The van der Waals surface area contributed by atoms with Crippen molar-refractivity contribution in [1.29, 1.82) is 0 Å². The molecule has 2 aromatic carbocycles. The molecule has 2 amide bonds. The Labute approximate surface area is 155 Å². The summed E-state index contributed by atoms with van der Waals surface area (Å²) in [5.74, 6) is -1.01. The van der Waals surface area contributed by atoms with E-state index < -0.39 is 12.0 Å². The molecule has 6 nitrogen and oxygen atoms in total. The largest absolute Gasteiger partial charge is 0.465 e. The number of rotatable bonds is 4. The van der Waals surface area contributed by atoms with Crippen LogP contribution < -0.4 is 10.2 Å². The van der Waals surface area contributed by atoms with E-state index in [1.54, 1.807) is 18.2 Å². The van der Waals surface area contributed by atoms with Crippen LogP contribution in [-0.4, -0.2) is 30.9 Å². The number of carbonyl (C=O) groups excluding carboxylic acids is 3. The summed E-state index contributed by atoms with van der Waals surface area (Å²) < 4.78 is 4.68. The number of carbonyl (C=O) groups is 3. The molecule has 1 unspecified atom stereocenters. The van der Waals surface area contributed by atoms with Crippen LogP contribution in [0.25, 0.3) is 0 Å². The van der Waals surface area contributed by atoms with E-state index in [9.17, 15) is 14.4 Å². The standard InChI is InChI=1S/C19H17ClN2O4/c1-26-19(25)14-11-12(7-8-15(14)20)21-18(24)16-9-10-17(23)22(16)13-5-3-2-4-6-13/h2-8,11,16H,9-10H2,1H3,(H,21,24). The quantitative estimate of drug-likeness (QED) is 0.836. The first-order valence-corrected chi connectivity index (χ1v) is 8.45. The molecular formula is C19H17ClN2O4. The van der Waals surface area contributed by atoms with Crippen LogP contribution in [0.4, 0.5) is 11.4 Å². The summed E-state index contributed by atoms with van der Waals surface area (Å²) in [4.78, 5) is 38.2. The van der Waals surface area contributed by atoms with Crippen molar-refractivity contribution in [3.05, 3.63) is 59.1 Å². The van der Waals surface area contributed by atoms with Gasteiger partial charge < -0.3 is 10.1 Å². The zero-order chi connectivity index (χ0) is 18.7. The molecule has 1 aliphatic heterocycles. The third-order valence-corrected chi connectivity index (χ3v) is 4.52. The smallest absolute Gasteiger partial charge is 0.339 e. The molecule has 3 rings (SSSR count). The number of para-hydroxylation sites is 1. The van der Waals surface area contributed by atoms with Crippen molar-refractivity contribution in [2.75, 3.05) is 17.3 Å². The highest BCUT2D eigenvalue weighted by atomic mass is 35.5. The predicted molar refractivity (Wildman–Crippen MR) is 98.4 cm³/mol. The topological polar surface area (TPSA) is 75.7 Å². The van der Waals surface area contributed by atoms with E-state index in [-0.39, 0.29) is 22.4 Å². The molecule has 1 heterocycles. The minimum Gasteiger partial charge on any atom is -0.465 e. The van der Waals surface area contributed by atoms with Gasteiger partial charge >= 0.3 is 5.97 Å². The summed E-state index contributed by atoms with van der Waals surface area (Å²) in [6, 6.07) is 13.0. The van der Waals surface area contributed by atoms with Gasteiger partial charge in [0.25, 0.3) is 0 Å². The first kappa shape index (κ1) is 17.9. The van der Waals surface area contributed by atoms with Gasteiger partial charge in [-0.2, -0.15) is 0 Å². The van der Waals surface area contributed by atoms with Crippen LogP contribution in [0.15, 0.2) is 48.5 Å². The van der Waals surface area contributed by atoms with Gasteiger partial charge in [-0.25, -0.2) is 4.79 Å². The van der Waals surface area contributed by atoms with Gasteiger partial charge in [-0.05, 0) is 36.8 Å². The zero-order valence-electron chi connectivity index (χ0n) is 14.1. The summed E-state index contributed by atoms with van der Waals surface area (Å²) in [5.41, 5.74) is 1.25. The average molecular weight is 373 g/mol. The Morgan fingerprint density at radius 2 is 1.92 bits per heavy atom. The number of hydrogen-bond donors (Lipinski definition) is 1. The molecule has 0 aliphatic carbocycles. The third kappa shape index (κ3) is 3.55. The number of esters is 1. The molecule has 26 heavy (non-hydrogen) atoms. The van der Waals surface area contributed by atoms with Crippen LogP contribution >= 0.6 is 11.6 Å². The normalized spacial score (nSPS) is 16.5. The monoisotopic (exact) mass is 372 g/mol. The number of halogens is 1. The predicted octanol–water partition coefficient (Wildman–Crippen LogP) is 3.26. The number of ether oxygens (including phenoxy) is 1. The fourth-order valence-electron chi connectivity index (χ4n) is 2.94. The molecule has 0 radical (unpaired) electrons. The van der Waals surface area contributed by atoms with Crippen molar-refractivity contribution in [2.45, 2.75) is 18.9 Å². The van der Waals surface area contributed by atoms with Crippen molar-refractivity contribution in [2.24, 2.45) is 0 Å². The average Bonchev–Trinajstić information content (AvgIpc) is 3.05. The van der Waals surface area contributed by atoms with Gasteiger partial charge in [-0.15, -0.1) is 0 Å². The Bertz CT molecular complexity index is 854. The maximum atomic E-state index is 12.7. The van der Waals surface area contributed by atoms with Crippen LogP contribution in [0.1, 0.15) is 23.2 Å². The van der Waals surface area contributed by atoms with Gasteiger partial charge in [0.15, 0.2) is 0 Å². The second-order valence-corrected chi connectivity index (χ2v) is 6.24. The van der Waals surface area contributed by atoms with E-state index in [0.29, 0.717) is 24.2 Å². The lowest BCUT2D eigenvalue weighted by atomic mass is 10.1. The Balaban J connectivity index is 1.81. The molecule has 7 heteroatoms. The van der Waals surface area contributed by atoms with Crippen LogP contribution in [0.2, 0.25) is 5.02 Å². The summed E-state index contributed by atoms with van der Waals surface area (Å²) in [5, 5.41) is 2.98. The number of nitrogens with zero attached hydrogens (tertiary/aromatic N) is 1. The van der Waals surface area contributed by atoms with Crippen LogP contribution in [0.3, 0.4) is 0 Å². The van der Waals surface area contributed by atoms with Crippen molar-refractivity contribution in [1.82, 2.24) is 0 Å². The summed E-state index contributed by atoms with van der Waals surface area (Å²) in [6.45, 7) is 0. The van der Waals surface area contributed by atoms with Crippen LogP contribution in [-0.2, 0) is 14.3 Å². The van der Waals surface area contributed by atoms with Gasteiger partial charge in [0, 0.05) is 17.8 Å². The van der Waals surface area contributed by atoms with Gasteiger partial charge in [0.05, 0.1) is 17.7 Å². The minimum atomic E-state index is -0.609. The van der Waals surface area contributed by atoms with Gasteiger partial charge in [-0.3, -0.25) is 14.5 Å². The van der Waals surface area contributed by atoms with Crippen molar-refractivity contribution < 1.29 is 19.1 Å². The third-order valence-electron chi connectivity index (χ3n) is 4.19. The fraction of sp³-hybridized carbons (Fsp3) is 0.211. The van der Waals surface area contributed by atoms with Gasteiger partial charge in [0.1, 0.15) is 6.04 Å². The Kier molecular flexibility index (Phi) is 5.23. The fourth-order valence-corrected chi connectivity index (χ4v) is 3.13. The molecule has 1 N–H and O–H groups in total. The number of amides is 2. The summed E-state index contributed by atoms with van der Waals surface area (Å²) in [7, 11) is 1.26. The highest BCUT2D eigenvalue weighted by molar-refractivity contribution is 6.33. The maximum Gasteiger partial charge on any atom is 0.339 e. The number of anilines is 2. The highest BCUT2D eigenvalue weighted by Gasteiger charge is 2.37. The lowest BCUT2D eigenvalue weighted by Crippen LogP contribution is -2.41. The van der Waals surface area contributed by atoms with Crippen LogP contribution in [0.5, 0.6) is 0 Å². The second kappa shape index (κ2) is 7.58. The van der Waals surface area contributed by atoms with Gasteiger partial charge in [-0.1, -0.05) is 29.8 Å². The van der Waals surface area contributed by atoms with Crippen molar-refractivity contribution >= 4 is 40.8 Å². The lowest BCUT2D eigenvalue weighted by Gasteiger charge is -2.24. The van der Waals surface area contributed by atoms with Crippen LogP contribution in [0, 0.1) is 0 Å². The number of hydrogen-bond acceptors (Lipinski definition) is 4. The SMILES string of the molecule is COC(=O)c1cc(NC(=O)C2CCC(=O)N2c2ccccc2)ccc1Cl. The van der Waals surface area contributed by atoms with E-state index in [0.717, 1.165) is 0 Å². The van der Waals surface area contributed by atoms with Gasteiger partial charge in [0.2, 0.25) is 11.8 Å². The first-order valence-electron chi connectivity index (χ1n) is 8.07. The minimum absolute atomic E-state index is 0.0947. The van der Waals surface area contributed by atoms with E-state index >= 15 is 0 Å². The molecular weight excluding hydrogens is 356 g/mol. The number of methoxy groups -OCH3 is 1. The van der Waals surface area contributed by atoms with Crippen molar-refractivity contribution in [3.8, 4) is 0 Å². The maximum absolute atomic E-state index is 12.7. The molecule has 1 atom stereocenters. The van der Waals surface area contributed by atoms with Crippen molar-refractivity contribution in [3.63, 3.8) is 0 Å². The Morgan fingerprint density at radius 3 is 2.62 bits per heavy atom. The molecule has 2 aromatic rings. The molecule has 0 bridgehead atoms. The Morgan fingerprint density at radius 1 is 1.19 bits per heavy atom. The summed E-state index contributed by atoms with van der Waals surface area (Å²) >= 11 is 5.99. The first-order chi connectivity index (χ1) is 12.5. The molecule has 1 saturated heterocycles. The number of nitrogens with one attached hydrogen (secondary N) is 1. The number of benzene rings is 2. The van der Waals surface area contributed by atoms with E-state index in [4.69, 9.17) is 11.6 Å². The molecule has 0 aromatic heterocycles. The van der Waals surface area contributed by atoms with E-state index in [2.05, 4.69) is 10.1 Å². The molecule has 0 saturated carbocycles. The zero-order valence-corrected chi connectivity index (χ0v) is 14.8. The molecule has 1 aliphatic rings. The highest BCUT2D eigenvalue weighted by Crippen LogP contribution is 2.28. The second-order valence-electron chi connectivity index (χ2n) is 5.83. The molecule has 0 spiro atoms. The Hall–Kier alpha value is -2.86. The molecule has 134 valence electrons.